The fourth-order valence-corrected chi connectivity index (χ4v) is 4.13. The van der Waals surface area contributed by atoms with Crippen LogP contribution in [0.15, 0.2) is 24.3 Å². The molecular weight excluding hydrogens is 324 g/mol. The topological polar surface area (TPSA) is 40.6 Å². The van der Waals surface area contributed by atoms with Crippen molar-refractivity contribution in [2.75, 3.05) is 26.2 Å². The molecule has 2 amide bonds. The molecule has 0 spiro atoms. The Morgan fingerprint density at radius 1 is 0.923 bits per heavy atom. The standard InChI is InChI=1S/C22H32N2O2/c1-17(2)19-10-8-18(9-11-19)16-21(25)23-12-5-13-24(15-14-23)22(26)20-6-3-4-7-20/h8-11,17,20H,3-7,12-16H2,1-2H3. The molecule has 1 saturated heterocycles. The van der Waals surface area contributed by atoms with Crippen LogP contribution in [-0.4, -0.2) is 47.8 Å². The lowest BCUT2D eigenvalue weighted by molar-refractivity contribution is -0.136. The molecule has 1 saturated carbocycles. The molecule has 2 aliphatic rings. The number of amides is 2. The van der Waals surface area contributed by atoms with Crippen LogP contribution in [0, 0.1) is 5.92 Å². The fraction of sp³-hybridized carbons (Fsp3) is 0.636. The number of hydrogen-bond donors (Lipinski definition) is 0. The molecule has 1 heterocycles. The van der Waals surface area contributed by atoms with Crippen LogP contribution < -0.4 is 0 Å². The Balaban J connectivity index is 1.53. The lowest BCUT2D eigenvalue weighted by Gasteiger charge is -2.24. The van der Waals surface area contributed by atoms with Gasteiger partial charge in [-0.05, 0) is 36.3 Å². The van der Waals surface area contributed by atoms with Crippen LogP contribution in [0.3, 0.4) is 0 Å². The summed E-state index contributed by atoms with van der Waals surface area (Å²) in [4.78, 5) is 29.3. The van der Waals surface area contributed by atoms with Crippen LogP contribution in [0.25, 0.3) is 0 Å². The van der Waals surface area contributed by atoms with E-state index in [-0.39, 0.29) is 11.8 Å². The van der Waals surface area contributed by atoms with E-state index in [2.05, 4.69) is 38.1 Å². The second kappa shape index (κ2) is 8.70. The summed E-state index contributed by atoms with van der Waals surface area (Å²) in [6, 6.07) is 8.39. The van der Waals surface area contributed by atoms with Gasteiger partial charge >= 0.3 is 0 Å². The van der Waals surface area contributed by atoms with Crippen molar-refractivity contribution >= 4 is 11.8 Å². The summed E-state index contributed by atoms with van der Waals surface area (Å²) in [6.45, 7) is 7.26. The molecule has 1 aliphatic heterocycles. The Labute approximate surface area is 157 Å². The van der Waals surface area contributed by atoms with Crippen molar-refractivity contribution in [2.45, 2.75) is 58.3 Å². The maximum atomic E-state index is 12.7. The van der Waals surface area contributed by atoms with E-state index in [1.165, 1.54) is 18.4 Å². The zero-order valence-corrected chi connectivity index (χ0v) is 16.2. The van der Waals surface area contributed by atoms with Gasteiger partial charge in [0.1, 0.15) is 0 Å². The molecule has 26 heavy (non-hydrogen) atoms. The van der Waals surface area contributed by atoms with Crippen LogP contribution in [0.2, 0.25) is 0 Å². The van der Waals surface area contributed by atoms with Gasteiger partial charge in [-0.25, -0.2) is 0 Å². The number of nitrogens with zero attached hydrogens (tertiary/aromatic N) is 2. The Kier molecular flexibility index (Phi) is 6.33. The fourth-order valence-electron chi connectivity index (χ4n) is 4.13. The maximum Gasteiger partial charge on any atom is 0.227 e. The molecule has 1 aromatic rings. The maximum absolute atomic E-state index is 12.7. The van der Waals surface area contributed by atoms with Crippen LogP contribution in [-0.2, 0) is 16.0 Å². The summed E-state index contributed by atoms with van der Waals surface area (Å²) in [5, 5.41) is 0. The average Bonchev–Trinajstić information content (AvgIpc) is 3.06. The zero-order valence-electron chi connectivity index (χ0n) is 16.2. The molecule has 4 heteroatoms. The Morgan fingerprint density at radius 3 is 2.19 bits per heavy atom. The number of rotatable bonds is 4. The summed E-state index contributed by atoms with van der Waals surface area (Å²) in [7, 11) is 0. The van der Waals surface area contributed by atoms with Crippen LogP contribution in [0.4, 0.5) is 0 Å². The van der Waals surface area contributed by atoms with Crippen molar-refractivity contribution < 1.29 is 9.59 Å². The van der Waals surface area contributed by atoms with Gasteiger partial charge in [-0.3, -0.25) is 9.59 Å². The summed E-state index contributed by atoms with van der Waals surface area (Å²) in [5.74, 6) is 1.24. The predicted molar refractivity (Wildman–Crippen MR) is 104 cm³/mol. The minimum absolute atomic E-state index is 0.178. The summed E-state index contributed by atoms with van der Waals surface area (Å²) in [5.41, 5.74) is 2.37. The van der Waals surface area contributed by atoms with Crippen molar-refractivity contribution in [1.82, 2.24) is 9.80 Å². The van der Waals surface area contributed by atoms with Crippen molar-refractivity contribution in [3.8, 4) is 0 Å². The lowest BCUT2D eigenvalue weighted by atomic mass is 10.0. The molecule has 2 fully saturated rings. The predicted octanol–water partition coefficient (Wildman–Crippen LogP) is 3.60. The molecule has 0 bridgehead atoms. The molecule has 1 aliphatic carbocycles. The summed E-state index contributed by atoms with van der Waals surface area (Å²) >= 11 is 0. The van der Waals surface area contributed by atoms with Crippen LogP contribution >= 0.6 is 0 Å². The van der Waals surface area contributed by atoms with Gasteiger partial charge in [0.2, 0.25) is 11.8 Å². The highest BCUT2D eigenvalue weighted by Crippen LogP contribution is 2.27. The van der Waals surface area contributed by atoms with E-state index >= 15 is 0 Å². The van der Waals surface area contributed by atoms with E-state index < -0.39 is 0 Å². The average molecular weight is 357 g/mol. The van der Waals surface area contributed by atoms with E-state index in [4.69, 9.17) is 0 Å². The van der Waals surface area contributed by atoms with Crippen molar-refractivity contribution in [1.29, 1.82) is 0 Å². The summed E-state index contributed by atoms with van der Waals surface area (Å²) < 4.78 is 0. The molecule has 0 aromatic heterocycles. The van der Waals surface area contributed by atoms with Gasteiger partial charge in [-0.1, -0.05) is 51.0 Å². The van der Waals surface area contributed by atoms with E-state index in [0.29, 0.717) is 31.3 Å². The molecule has 142 valence electrons. The number of carbonyl (C=O) groups is 2. The molecule has 1 aromatic carbocycles. The molecule has 0 atom stereocenters. The van der Waals surface area contributed by atoms with Gasteiger partial charge in [-0.15, -0.1) is 0 Å². The lowest BCUT2D eigenvalue weighted by Crippen LogP contribution is -2.39. The van der Waals surface area contributed by atoms with Gasteiger partial charge in [0, 0.05) is 32.1 Å². The second-order valence-corrected chi connectivity index (χ2v) is 8.11. The third-order valence-corrected chi connectivity index (χ3v) is 5.87. The molecule has 3 rings (SSSR count). The van der Waals surface area contributed by atoms with Gasteiger partial charge < -0.3 is 9.80 Å². The Hall–Kier alpha value is -1.84. The molecule has 0 N–H and O–H groups in total. The second-order valence-electron chi connectivity index (χ2n) is 8.11. The number of hydrogen-bond acceptors (Lipinski definition) is 2. The smallest absolute Gasteiger partial charge is 0.227 e. The SMILES string of the molecule is CC(C)c1ccc(CC(=O)N2CCCN(C(=O)C3CCCC3)CC2)cc1. The van der Waals surface area contributed by atoms with Crippen LogP contribution in [0.5, 0.6) is 0 Å². The van der Waals surface area contributed by atoms with Crippen molar-refractivity contribution in [3.05, 3.63) is 35.4 Å². The third-order valence-electron chi connectivity index (χ3n) is 5.87. The van der Waals surface area contributed by atoms with Gasteiger partial charge in [-0.2, -0.15) is 0 Å². The number of carbonyl (C=O) groups excluding carboxylic acids is 2. The Morgan fingerprint density at radius 2 is 1.54 bits per heavy atom. The summed E-state index contributed by atoms with van der Waals surface area (Å²) in [6.07, 6.45) is 5.80. The van der Waals surface area contributed by atoms with Crippen molar-refractivity contribution in [2.24, 2.45) is 5.92 Å². The normalized spacial score (nSPS) is 19.0. The first kappa shape index (κ1) is 18.9. The van der Waals surface area contributed by atoms with Gasteiger partial charge in [0.05, 0.1) is 6.42 Å². The van der Waals surface area contributed by atoms with E-state index in [1.807, 2.05) is 9.80 Å². The minimum atomic E-state index is 0.178. The quantitative estimate of drug-likeness (QED) is 0.827. The number of benzene rings is 1. The first-order chi connectivity index (χ1) is 12.5. The molecule has 0 radical (unpaired) electrons. The highest BCUT2D eigenvalue weighted by atomic mass is 16.2. The van der Waals surface area contributed by atoms with E-state index in [0.717, 1.165) is 37.9 Å². The largest absolute Gasteiger partial charge is 0.341 e. The highest BCUT2D eigenvalue weighted by molar-refractivity contribution is 5.80. The van der Waals surface area contributed by atoms with E-state index in [1.54, 1.807) is 0 Å². The zero-order chi connectivity index (χ0) is 18.5. The van der Waals surface area contributed by atoms with Crippen LogP contribution in [0.1, 0.15) is 63.0 Å². The molecular formula is C22H32N2O2. The highest BCUT2D eigenvalue weighted by Gasteiger charge is 2.29. The van der Waals surface area contributed by atoms with Gasteiger partial charge in [0.25, 0.3) is 0 Å². The van der Waals surface area contributed by atoms with Crippen molar-refractivity contribution in [3.63, 3.8) is 0 Å². The van der Waals surface area contributed by atoms with E-state index in [9.17, 15) is 9.59 Å². The molecule has 4 nitrogen and oxygen atoms in total. The minimum Gasteiger partial charge on any atom is -0.341 e. The first-order valence-corrected chi connectivity index (χ1v) is 10.2. The Bertz CT molecular complexity index is 618. The first-order valence-electron chi connectivity index (χ1n) is 10.2. The molecule has 0 unspecified atom stereocenters. The third kappa shape index (κ3) is 4.66. The monoisotopic (exact) mass is 356 g/mol. The van der Waals surface area contributed by atoms with Gasteiger partial charge in [0.15, 0.2) is 0 Å².